The summed E-state index contributed by atoms with van der Waals surface area (Å²) in [6.07, 6.45) is 0.563. The van der Waals surface area contributed by atoms with Crippen LogP contribution in [0.3, 0.4) is 0 Å². The molecule has 1 aromatic carbocycles. The zero-order valence-corrected chi connectivity index (χ0v) is 10.8. The average molecular weight is 289 g/mol. The number of anilines is 1. The predicted octanol–water partition coefficient (Wildman–Crippen LogP) is 2.57. The molecule has 0 radical (unpaired) electrons. The molecule has 0 heterocycles. The van der Waals surface area contributed by atoms with Crippen molar-refractivity contribution in [3.8, 4) is 0 Å². The smallest absolute Gasteiger partial charge is 0.241 e. The summed E-state index contributed by atoms with van der Waals surface area (Å²) in [7, 11) is 0. The standard InChI is InChI=1S/C11H14BrFN2O/c1-3-9(14)11(16)15-10-5-7(12)8(13)4-6(10)2/h4-5,9H,3,14H2,1-2H3,(H,15,16)/t9-/m1/s1. The lowest BCUT2D eigenvalue weighted by molar-refractivity contribution is -0.117. The zero-order valence-electron chi connectivity index (χ0n) is 9.18. The van der Waals surface area contributed by atoms with E-state index in [1.807, 2.05) is 6.92 Å². The number of carbonyl (C=O) groups is 1. The fraction of sp³-hybridized carbons (Fsp3) is 0.364. The summed E-state index contributed by atoms with van der Waals surface area (Å²) in [5.74, 6) is -0.612. The first kappa shape index (κ1) is 13.1. The van der Waals surface area contributed by atoms with E-state index in [2.05, 4.69) is 21.2 Å². The first-order chi connectivity index (χ1) is 7.45. The number of aryl methyl sites for hydroxylation is 1. The molecule has 0 aromatic heterocycles. The lowest BCUT2D eigenvalue weighted by Crippen LogP contribution is -2.35. The molecule has 1 amide bonds. The molecule has 1 atom stereocenters. The molecule has 0 aliphatic rings. The van der Waals surface area contributed by atoms with E-state index < -0.39 is 6.04 Å². The van der Waals surface area contributed by atoms with Gasteiger partial charge in [0.25, 0.3) is 0 Å². The van der Waals surface area contributed by atoms with Gasteiger partial charge >= 0.3 is 0 Å². The summed E-state index contributed by atoms with van der Waals surface area (Å²) in [6, 6.07) is 2.35. The highest BCUT2D eigenvalue weighted by Crippen LogP contribution is 2.24. The van der Waals surface area contributed by atoms with Gasteiger partial charge in [0, 0.05) is 5.69 Å². The number of carbonyl (C=O) groups excluding carboxylic acids is 1. The molecule has 5 heteroatoms. The number of nitrogens with two attached hydrogens (primary N) is 1. The summed E-state index contributed by atoms with van der Waals surface area (Å²) in [5, 5.41) is 2.67. The summed E-state index contributed by atoms with van der Waals surface area (Å²) in [4.78, 5) is 11.5. The predicted molar refractivity (Wildman–Crippen MR) is 65.7 cm³/mol. The third-order valence-electron chi connectivity index (χ3n) is 2.30. The monoisotopic (exact) mass is 288 g/mol. The molecule has 3 nitrogen and oxygen atoms in total. The van der Waals surface area contributed by atoms with Gasteiger partial charge in [0.05, 0.1) is 10.5 Å². The van der Waals surface area contributed by atoms with Crippen LogP contribution in [0.2, 0.25) is 0 Å². The average Bonchev–Trinajstić information content (AvgIpc) is 2.24. The van der Waals surface area contributed by atoms with Crippen LogP contribution in [0.15, 0.2) is 16.6 Å². The fourth-order valence-electron chi connectivity index (χ4n) is 1.19. The Hall–Kier alpha value is -0.940. The van der Waals surface area contributed by atoms with E-state index in [-0.39, 0.29) is 11.7 Å². The Kier molecular flexibility index (Phi) is 4.44. The second-order valence-corrected chi connectivity index (χ2v) is 4.44. The van der Waals surface area contributed by atoms with E-state index in [1.54, 1.807) is 6.92 Å². The van der Waals surface area contributed by atoms with Crippen LogP contribution in [-0.2, 0) is 4.79 Å². The lowest BCUT2D eigenvalue weighted by Gasteiger charge is -2.12. The first-order valence-electron chi connectivity index (χ1n) is 4.97. The Morgan fingerprint density at radius 1 is 1.62 bits per heavy atom. The fourth-order valence-corrected chi connectivity index (χ4v) is 1.54. The Labute approximate surface area is 102 Å². The van der Waals surface area contributed by atoms with Crippen molar-refractivity contribution in [2.24, 2.45) is 5.73 Å². The number of nitrogens with one attached hydrogen (secondary N) is 1. The third-order valence-corrected chi connectivity index (χ3v) is 2.91. The van der Waals surface area contributed by atoms with Crippen molar-refractivity contribution in [2.45, 2.75) is 26.3 Å². The zero-order chi connectivity index (χ0) is 12.3. The third kappa shape index (κ3) is 3.02. The molecule has 0 fully saturated rings. The maximum Gasteiger partial charge on any atom is 0.241 e. The van der Waals surface area contributed by atoms with Crippen LogP contribution in [0.4, 0.5) is 10.1 Å². The van der Waals surface area contributed by atoms with Crippen molar-refractivity contribution in [1.29, 1.82) is 0 Å². The SMILES string of the molecule is CC[C@@H](N)C(=O)Nc1cc(Br)c(F)cc1C. The van der Waals surface area contributed by atoms with Gasteiger partial charge < -0.3 is 11.1 Å². The molecule has 0 unspecified atom stereocenters. The summed E-state index contributed by atoms with van der Waals surface area (Å²) in [5.41, 5.74) is 6.82. The lowest BCUT2D eigenvalue weighted by atomic mass is 10.1. The highest BCUT2D eigenvalue weighted by atomic mass is 79.9. The quantitative estimate of drug-likeness (QED) is 0.898. The molecule has 88 valence electrons. The van der Waals surface area contributed by atoms with Crippen LogP contribution in [-0.4, -0.2) is 11.9 Å². The van der Waals surface area contributed by atoms with Crippen LogP contribution in [0, 0.1) is 12.7 Å². The van der Waals surface area contributed by atoms with E-state index >= 15 is 0 Å². The van der Waals surface area contributed by atoms with Crippen LogP contribution < -0.4 is 11.1 Å². The molecule has 0 aliphatic carbocycles. The summed E-state index contributed by atoms with van der Waals surface area (Å²) >= 11 is 3.07. The Bertz CT molecular complexity index is 409. The molecule has 0 bridgehead atoms. The van der Waals surface area contributed by atoms with E-state index in [0.29, 0.717) is 22.1 Å². The van der Waals surface area contributed by atoms with E-state index in [9.17, 15) is 9.18 Å². The molecular weight excluding hydrogens is 275 g/mol. The normalized spacial score (nSPS) is 12.3. The summed E-state index contributed by atoms with van der Waals surface area (Å²) in [6.45, 7) is 3.56. The molecule has 3 N–H and O–H groups in total. The first-order valence-corrected chi connectivity index (χ1v) is 5.77. The van der Waals surface area contributed by atoms with Gasteiger partial charge in [-0.2, -0.15) is 0 Å². The maximum absolute atomic E-state index is 13.1. The summed E-state index contributed by atoms with van der Waals surface area (Å²) < 4.78 is 13.5. The second-order valence-electron chi connectivity index (χ2n) is 3.59. The van der Waals surface area contributed by atoms with Crippen LogP contribution >= 0.6 is 15.9 Å². The van der Waals surface area contributed by atoms with Gasteiger partial charge in [-0.15, -0.1) is 0 Å². The highest BCUT2D eigenvalue weighted by molar-refractivity contribution is 9.10. The van der Waals surface area contributed by atoms with Gasteiger partial charge in [-0.1, -0.05) is 6.92 Å². The number of amides is 1. The number of halogens is 2. The minimum atomic E-state index is -0.539. The maximum atomic E-state index is 13.1. The molecule has 0 spiro atoms. The van der Waals surface area contributed by atoms with Crippen molar-refractivity contribution in [2.75, 3.05) is 5.32 Å². The van der Waals surface area contributed by atoms with Crippen molar-refractivity contribution in [3.63, 3.8) is 0 Å². The minimum absolute atomic E-state index is 0.260. The van der Waals surface area contributed by atoms with Gasteiger partial charge in [-0.25, -0.2) is 4.39 Å². The van der Waals surface area contributed by atoms with Gasteiger partial charge in [0.1, 0.15) is 5.82 Å². The Balaban J connectivity index is 2.90. The molecule has 1 aromatic rings. The van der Waals surface area contributed by atoms with Crippen LogP contribution in [0.1, 0.15) is 18.9 Å². The molecule has 0 saturated heterocycles. The molecular formula is C11H14BrFN2O. The molecule has 0 aliphatic heterocycles. The largest absolute Gasteiger partial charge is 0.324 e. The van der Waals surface area contributed by atoms with Crippen molar-refractivity contribution in [3.05, 3.63) is 28.0 Å². The van der Waals surface area contributed by atoms with Gasteiger partial charge in [0.15, 0.2) is 0 Å². The van der Waals surface area contributed by atoms with E-state index in [0.717, 1.165) is 0 Å². The number of hydrogen-bond donors (Lipinski definition) is 2. The van der Waals surface area contributed by atoms with Crippen LogP contribution in [0.25, 0.3) is 0 Å². The van der Waals surface area contributed by atoms with Gasteiger partial charge in [-0.3, -0.25) is 4.79 Å². The minimum Gasteiger partial charge on any atom is -0.324 e. The molecule has 16 heavy (non-hydrogen) atoms. The Morgan fingerprint density at radius 3 is 2.81 bits per heavy atom. The number of benzene rings is 1. The van der Waals surface area contributed by atoms with Crippen LogP contribution in [0.5, 0.6) is 0 Å². The molecule has 1 rings (SSSR count). The Morgan fingerprint density at radius 2 is 2.25 bits per heavy atom. The second kappa shape index (κ2) is 5.41. The van der Waals surface area contributed by atoms with Gasteiger partial charge in [0.2, 0.25) is 5.91 Å². The topological polar surface area (TPSA) is 55.1 Å². The molecule has 0 saturated carbocycles. The van der Waals surface area contributed by atoms with Crippen molar-refractivity contribution < 1.29 is 9.18 Å². The van der Waals surface area contributed by atoms with E-state index in [4.69, 9.17) is 5.73 Å². The number of rotatable bonds is 3. The highest BCUT2D eigenvalue weighted by Gasteiger charge is 2.13. The van der Waals surface area contributed by atoms with Gasteiger partial charge in [-0.05, 0) is 47.0 Å². The number of hydrogen-bond acceptors (Lipinski definition) is 2. The van der Waals surface area contributed by atoms with Crippen molar-refractivity contribution in [1.82, 2.24) is 0 Å². The van der Waals surface area contributed by atoms with Crippen molar-refractivity contribution >= 4 is 27.5 Å². The van der Waals surface area contributed by atoms with E-state index in [1.165, 1.54) is 12.1 Å².